The molecular weight excluding hydrogens is 316 g/mol. The van der Waals surface area contributed by atoms with Gasteiger partial charge in [0.15, 0.2) is 0 Å². The Kier molecular flexibility index (Phi) is 4.79. The van der Waals surface area contributed by atoms with E-state index in [0.29, 0.717) is 23.8 Å². The Hall–Kier alpha value is -3.15. The van der Waals surface area contributed by atoms with Gasteiger partial charge in [0, 0.05) is 23.4 Å². The minimum atomic E-state index is -0.286. The highest BCUT2D eigenvalue weighted by molar-refractivity contribution is 5.99. The average Bonchev–Trinajstić information content (AvgIpc) is 3.03. The minimum absolute atomic E-state index is 0.286. The van der Waals surface area contributed by atoms with E-state index in [0.717, 1.165) is 22.4 Å². The van der Waals surface area contributed by atoms with Crippen LogP contribution in [0.1, 0.15) is 23.9 Å². The van der Waals surface area contributed by atoms with Crippen LogP contribution in [-0.2, 0) is 6.42 Å². The number of carbonyl (C=O) groups excluding carboxylic acids is 1. The number of carbonyl (C=O) groups is 1. The van der Waals surface area contributed by atoms with Crippen LogP contribution in [0.4, 0.5) is 16.2 Å². The molecule has 3 rings (SSSR count). The molecule has 2 N–H and O–H groups in total. The molecule has 0 bridgehead atoms. The molecular formula is C19H20N4O2. The van der Waals surface area contributed by atoms with E-state index < -0.39 is 0 Å². The topological polar surface area (TPSA) is 80.0 Å². The number of hydrogen-bond donors (Lipinski definition) is 2. The summed E-state index contributed by atoms with van der Waals surface area (Å²) in [6.07, 6.45) is 0.700. The fraction of sp³-hybridized carbons (Fsp3) is 0.211. The van der Waals surface area contributed by atoms with E-state index in [1.807, 2.05) is 45.0 Å². The molecule has 0 atom stereocenters. The number of urea groups is 1. The molecule has 0 aliphatic rings. The zero-order valence-electron chi connectivity index (χ0n) is 14.5. The number of aromatic nitrogens is 2. The van der Waals surface area contributed by atoms with Gasteiger partial charge < -0.3 is 15.2 Å². The lowest BCUT2D eigenvalue weighted by atomic mass is 10.1. The minimum Gasteiger partial charge on any atom is -0.339 e. The van der Waals surface area contributed by atoms with E-state index in [1.54, 1.807) is 12.1 Å². The third-order valence-corrected chi connectivity index (χ3v) is 3.65. The quantitative estimate of drug-likeness (QED) is 0.732. The molecule has 0 saturated heterocycles. The number of anilines is 2. The standard InChI is InChI=1S/C19H20N4O2/c1-4-17-22-18(23-25-17)14-5-7-15(8-6-14)20-19(24)21-16-10-12(2)9-13(3)11-16/h5-11H,4H2,1-3H3,(H2,20,21,24). The number of aryl methyl sites for hydroxylation is 3. The molecule has 0 saturated carbocycles. The Labute approximate surface area is 146 Å². The SMILES string of the molecule is CCc1nc(-c2ccc(NC(=O)Nc3cc(C)cc(C)c3)cc2)no1. The Morgan fingerprint density at radius 3 is 2.24 bits per heavy atom. The van der Waals surface area contributed by atoms with Crippen LogP contribution in [0, 0.1) is 13.8 Å². The number of nitrogens with zero attached hydrogens (tertiary/aromatic N) is 2. The Morgan fingerprint density at radius 2 is 1.64 bits per heavy atom. The van der Waals surface area contributed by atoms with Gasteiger partial charge in [0.1, 0.15) is 0 Å². The maximum atomic E-state index is 12.1. The summed E-state index contributed by atoms with van der Waals surface area (Å²) in [5.41, 5.74) is 4.50. The lowest BCUT2D eigenvalue weighted by Crippen LogP contribution is -2.19. The molecule has 3 aromatic rings. The van der Waals surface area contributed by atoms with E-state index in [2.05, 4.69) is 26.8 Å². The molecule has 0 aliphatic carbocycles. The van der Waals surface area contributed by atoms with Crippen LogP contribution >= 0.6 is 0 Å². The van der Waals surface area contributed by atoms with Crippen molar-refractivity contribution in [3.05, 3.63) is 59.5 Å². The van der Waals surface area contributed by atoms with Crippen LogP contribution in [0.25, 0.3) is 11.4 Å². The van der Waals surface area contributed by atoms with Gasteiger partial charge in [-0.15, -0.1) is 0 Å². The largest absolute Gasteiger partial charge is 0.339 e. The normalized spacial score (nSPS) is 10.5. The fourth-order valence-corrected chi connectivity index (χ4v) is 2.56. The molecule has 1 heterocycles. The fourth-order valence-electron chi connectivity index (χ4n) is 2.56. The maximum absolute atomic E-state index is 12.1. The van der Waals surface area contributed by atoms with E-state index in [1.165, 1.54) is 0 Å². The molecule has 0 radical (unpaired) electrons. The second-order valence-electron chi connectivity index (χ2n) is 5.90. The summed E-state index contributed by atoms with van der Waals surface area (Å²) in [5.74, 6) is 1.15. The Balaban J connectivity index is 1.65. The first-order chi connectivity index (χ1) is 12.0. The zero-order valence-corrected chi connectivity index (χ0v) is 14.5. The van der Waals surface area contributed by atoms with Crippen molar-refractivity contribution in [1.29, 1.82) is 0 Å². The summed E-state index contributed by atoms with van der Waals surface area (Å²) in [6, 6.07) is 12.9. The summed E-state index contributed by atoms with van der Waals surface area (Å²) >= 11 is 0. The number of hydrogen-bond acceptors (Lipinski definition) is 4. The number of amides is 2. The van der Waals surface area contributed by atoms with Crippen LogP contribution < -0.4 is 10.6 Å². The van der Waals surface area contributed by atoms with Crippen molar-refractivity contribution in [1.82, 2.24) is 10.1 Å². The summed E-state index contributed by atoms with van der Waals surface area (Å²) < 4.78 is 5.11. The van der Waals surface area contributed by atoms with E-state index in [9.17, 15) is 4.79 Å². The van der Waals surface area contributed by atoms with Crippen LogP contribution in [-0.4, -0.2) is 16.2 Å². The van der Waals surface area contributed by atoms with Crippen LogP contribution in [0.3, 0.4) is 0 Å². The lowest BCUT2D eigenvalue weighted by molar-refractivity contribution is 0.262. The Bertz CT molecular complexity index is 864. The van der Waals surface area contributed by atoms with E-state index in [4.69, 9.17) is 4.52 Å². The molecule has 1 aromatic heterocycles. The lowest BCUT2D eigenvalue weighted by Gasteiger charge is -2.09. The van der Waals surface area contributed by atoms with Gasteiger partial charge in [0.25, 0.3) is 0 Å². The maximum Gasteiger partial charge on any atom is 0.323 e. The second-order valence-corrected chi connectivity index (χ2v) is 5.90. The number of benzene rings is 2. The van der Waals surface area contributed by atoms with Crippen molar-refractivity contribution in [2.24, 2.45) is 0 Å². The van der Waals surface area contributed by atoms with Crippen LogP contribution in [0.15, 0.2) is 47.0 Å². The van der Waals surface area contributed by atoms with Crippen molar-refractivity contribution in [3.8, 4) is 11.4 Å². The predicted octanol–water partition coefficient (Wildman–Crippen LogP) is 4.56. The highest BCUT2D eigenvalue weighted by atomic mass is 16.5. The van der Waals surface area contributed by atoms with Crippen LogP contribution in [0.5, 0.6) is 0 Å². The molecule has 6 heteroatoms. The van der Waals surface area contributed by atoms with Crippen molar-refractivity contribution in [2.45, 2.75) is 27.2 Å². The summed E-state index contributed by atoms with van der Waals surface area (Å²) in [5, 5.41) is 9.58. The molecule has 6 nitrogen and oxygen atoms in total. The summed E-state index contributed by atoms with van der Waals surface area (Å²) in [6.45, 7) is 5.95. The van der Waals surface area contributed by atoms with Gasteiger partial charge in [-0.2, -0.15) is 4.98 Å². The second kappa shape index (κ2) is 7.17. The van der Waals surface area contributed by atoms with Crippen molar-refractivity contribution >= 4 is 17.4 Å². The van der Waals surface area contributed by atoms with Gasteiger partial charge in [0.2, 0.25) is 11.7 Å². The molecule has 0 spiro atoms. The van der Waals surface area contributed by atoms with Gasteiger partial charge in [-0.1, -0.05) is 18.1 Å². The van der Waals surface area contributed by atoms with Gasteiger partial charge >= 0.3 is 6.03 Å². The van der Waals surface area contributed by atoms with E-state index in [-0.39, 0.29) is 6.03 Å². The van der Waals surface area contributed by atoms with Crippen molar-refractivity contribution in [3.63, 3.8) is 0 Å². The Morgan fingerprint density at radius 1 is 1.00 bits per heavy atom. The van der Waals surface area contributed by atoms with Crippen molar-refractivity contribution < 1.29 is 9.32 Å². The van der Waals surface area contributed by atoms with Gasteiger partial charge in [0.05, 0.1) is 0 Å². The molecule has 0 unspecified atom stereocenters. The smallest absolute Gasteiger partial charge is 0.323 e. The summed E-state index contributed by atoms with van der Waals surface area (Å²) in [4.78, 5) is 16.4. The summed E-state index contributed by atoms with van der Waals surface area (Å²) in [7, 11) is 0. The highest BCUT2D eigenvalue weighted by Gasteiger charge is 2.08. The highest BCUT2D eigenvalue weighted by Crippen LogP contribution is 2.19. The van der Waals surface area contributed by atoms with Crippen molar-refractivity contribution in [2.75, 3.05) is 10.6 Å². The average molecular weight is 336 g/mol. The molecule has 25 heavy (non-hydrogen) atoms. The third-order valence-electron chi connectivity index (χ3n) is 3.65. The molecule has 0 fully saturated rings. The van der Waals surface area contributed by atoms with E-state index >= 15 is 0 Å². The van der Waals surface area contributed by atoms with Crippen LogP contribution in [0.2, 0.25) is 0 Å². The molecule has 0 aliphatic heterocycles. The molecule has 2 amide bonds. The van der Waals surface area contributed by atoms with Gasteiger partial charge in [-0.25, -0.2) is 4.79 Å². The third kappa shape index (κ3) is 4.23. The first-order valence-corrected chi connectivity index (χ1v) is 8.13. The van der Waals surface area contributed by atoms with Gasteiger partial charge in [-0.05, 0) is 61.4 Å². The molecule has 128 valence electrons. The number of rotatable bonds is 4. The first kappa shape index (κ1) is 16.7. The zero-order chi connectivity index (χ0) is 17.8. The van der Waals surface area contributed by atoms with Gasteiger partial charge in [-0.3, -0.25) is 0 Å². The first-order valence-electron chi connectivity index (χ1n) is 8.13. The monoisotopic (exact) mass is 336 g/mol. The number of nitrogens with one attached hydrogen (secondary N) is 2. The predicted molar refractivity (Wildman–Crippen MR) is 97.7 cm³/mol. The molecule has 2 aromatic carbocycles.